The third kappa shape index (κ3) is 2.19. The number of quaternary nitrogens is 1. The lowest BCUT2D eigenvalue weighted by Crippen LogP contribution is -2.36. The molecule has 94 valence electrons. The minimum absolute atomic E-state index is 0.0253. The molecule has 0 heterocycles. The summed E-state index contributed by atoms with van der Waals surface area (Å²) >= 11 is 0. The van der Waals surface area contributed by atoms with Crippen LogP contribution >= 0.6 is 0 Å². The van der Waals surface area contributed by atoms with Crippen molar-refractivity contribution in [1.29, 1.82) is 0 Å². The predicted molar refractivity (Wildman–Crippen MR) is 64.3 cm³/mol. The van der Waals surface area contributed by atoms with Crippen LogP contribution in [0.1, 0.15) is 5.56 Å². The van der Waals surface area contributed by atoms with E-state index in [1.165, 1.54) is 24.3 Å². The van der Waals surface area contributed by atoms with Gasteiger partial charge in [0.2, 0.25) is 11.4 Å². The quantitative estimate of drug-likeness (QED) is 0.566. The molecule has 0 aromatic heterocycles. The molecule has 0 fully saturated rings. The summed E-state index contributed by atoms with van der Waals surface area (Å²) in [6.45, 7) is 1.76. The second-order valence-corrected chi connectivity index (χ2v) is 4.07. The zero-order valence-electron chi connectivity index (χ0n) is 9.71. The lowest BCUT2D eigenvalue weighted by molar-refractivity contribution is -0.245. The molecular formula is C13H13FNO3+. The highest BCUT2D eigenvalue weighted by molar-refractivity contribution is 5.61. The third-order valence-electron chi connectivity index (χ3n) is 2.65. The molecule has 0 aliphatic heterocycles. The number of phenols is 1. The summed E-state index contributed by atoms with van der Waals surface area (Å²) in [5.74, 6) is -0.734. The Hall–Kier alpha value is -1.95. The van der Waals surface area contributed by atoms with Crippen LogP contribution < -0.4 is 4.81 Å². The number of aryl methyl sites for hydroxylation is 1. The molecule has 0 aliphatic rings. The first-order chi connectivity index (χ1) is 8.41. The van der Waals surface area contributed by atoms with Crippen molar-refractivity contribution in [2.24, 2.45) is 0 Å². The number of rotatable bonds is 2. The topological polar surface area (TPSA) is 60.7 Å². The molecule has 0 aliphatic carbocycles. The lowest BCUT2D eigenvalue weighted by atomic mass is 10.2. The van der Waals surface area contributed by atoms with E-state index in [0.29, 0.717) is 0 Å². The van der Waals surface area contributed by atoms with Gasteiger partial charge in [0, 0.05) is 23.0 Å². The lowest BCUT2D eigenvalue weighted by Gasteiger charge is -2.21. The van der Waals surface area contributed by atoms with Gasteiger partial charge in [-0.15, -0.1) is 0 Å². The van der Waals surface area contributed by atoms with Gasteiger partial charge >= 0.3 is 0 Å². The second-order valence-electron chi connectivity index (χ2n) is 4.07. The fourth-order valence-corrected chi connectivity index (χ4v) is 1.67. The van der Waals surface area contributed by atoms with E-state index in [1.807, 2.05) is 0 Å². The second kappa shape index (κ2) is 4.38. The van der Waals surface area contributed by atoms with E-state index >= 15 is 0 Å². The van der Waals surface area contributed by atoms with Crippen LogP contribution in [0.3, 0.4) is 0 Å². The maximum absolute atomic E-state index is 12.8. The zero-order chi connectivity index (χ0) is 13.3. The van der Waals surface area contributed by atoms with E-state index < -0.39 is 10.6 Å². The van der Waals surface area contributed by atoms with Gasteiger partial charge in [-0.25, -0.2) is 4.39 Å². The van der Waals surface area contributed by atoms with E-state index in [2.05, 4.69) is 0 Å². The van der Waals surface area contributed by atoms with E-state index in [1.54, 1.807) is 13.0 Å². The number of nitrogens with zero attached hydrogens (tertiary/aromatic N) is 1. The molecule has 0 spiro atoms. The molecule has 0 saturated heterocycles. The maximum Gasteiger partial charge on any atom is 0.247 e. The molecule has 3 N–H and O–H groups in total. The molecule has 0 radical (unpaired) electrons. The first-order valence-corrected chi connectivity index (χ1v) is 5.32. The Morgan fingerprint density at radius 2 is 1.61 bits per heavy atom. The molecule has 5 heteroatoms. The first kappa shape index (κ1) is 12.5. The molecule has 0 unspecified atom stereocenters. The van der Waals surface area contributed by atoms with Gasteiger partial charge in [0.1, 0.15) is 5.82 Å². The van der Waals surface area contributed by atoms with Crippen molar-refractivity contribution in [3.63, 3.8) is 0 Å². The Morgan fingerprint density at radius 3 is 2.22 bits per heavy atom. The number of benzene rings is 2. The van der Waals surface area contributed by atoms with Gasteiger partial charge in [0.25, 0.3) is 0 Å². The maximum atomic E-state index is 12.8. The number of hydrogen-bond acceptors (Lipinski definition) is 3. The van der Waals surface area contributed by atoms with Gasteiger partial charge in [-0.2, -0.15) is 10.4 Å². The van der Waals surface area contributed by atoms with Crippen LogP contribution in [0.5, 0.6) is 5.75 Å². The highest BCUT2D eigenvalue weighted by Gasteiger charge is 2.34. The van der Waals surface area contributed by atoms with Crippen LogP contribution in [0.2, 0.25) is 0 Å². The molecule has 4 nitrogen and oxygen atoms in total. The number of halogens is 1. The molecule has 18 heavy (non-hydrogen) atoms. The monoisotopic (exact) mass is 250 g/mol. The fraction of sp³-hybridized carbons (Fsp3) is 0.0769. The van der Waals surface area contributed by atoms with E-state index in [0.717, 1.165) is 17.7 Å². The van der Waals surface area contributed by atoms with Crippen molar-refractivity contribution < 1.29 is 19.9 Å². The van der Waals surface area contributed by atoms with Crippen LogP contribution in [-0.2, 0) is 0 Å². The van der Waals surface area contributed by atoms with Crippen molar-refractivity contribution in [1.82, 2.24) is 4.81 Å². The summed E-state index contributed by atoms with van der Waals surface area (Å²) < 4.78 is 12.8. The average molecular weight is 250 g/mol. The van der Waals surface area contributed by atoms with Crippen LogP contribution in [0.25, 0.3) is 0 Å². The van der Waals surface area contributed by atoms with Crippen LogP contribution in [0.4, 0.5) is 15.8 Å². The molecule has 2 aromatic carbocycles. The van der Waals surface area contributed by atoms with E-state index in [4.69, 9.17) is 0 Å². The Bertz CT molecular complexity index is 567. The summed E-state index contributed by atoms with van der Waals surface area (Å²) in [5.41, 5.74) is 0.689. The first-order valence-electron chi connectivity index (χ1n) is 5.32. The summed E-state index contributed by atoms with van der Waals surface area (Å²) in [5, 5.41) is 29.8. The largest absolute Gasteiger partial charge is 0.503 e. The molecule has 0 saturated carbocycles. The molecule has 0 bridgehead atoms. The van der Waals surface area contributed by atoms with E-state index in [-0.39, 0.29) is 17.1 Å². The smallest absolute Gasteiger partial charge is 0.247 e. The van der Waals surface area contributed by atoms with Gasteiger partial charge in [-0.3, -0.25) is 0 Å². The zero-order valence-corrected chi connectivity index (χ0v) is 9.71. The average Bonchev–Trinajstić information content (AvgIpc) is 2.32. The van der Waals surface area contributed by atoms with Crippen molar-refractivity contribution in [2.75, 3.05) is 0 Å². The van der Waals surface area contributed by atoms with Crippen molar-refractivity contribution in [3.8, 4) is 5.75 Å². The minimum Gasteiger partial charge on any atom is -0.503 e. The number of hydrogen-bond donors (Lipinski definition) is 3. The Morgan fingerprint density at radius 1 is 1.00 bits per heavy atom. The fourth-order valence-electron chi connectivity index (χ4n) is 1.67. The predicted octanol–water partition coefficient (Wildman–Crippen LogP) is 3.26. The number of phenolic OH excluding ortho intramolecular Hbond substituents is 1. The summed E-state index contributed by atoms with van der Waals surface area (Å²) in [6.07, 6.45) is 0. The number of aromatic hydroxyl groups is 1. The molecule has 0 atom stereocenters. The highest BCUT2D eigenvalue weighted by Crippen LogP contribution is 2.37. The summed E-state index contributed by atoms with van der Waals surface area (Å²) in [6, 6.07) is 9.15. The van der Waals surface area contributed by atoms with Crippen molar-refractivity contribution in [3.05, 3.63) is 53.8 Å². The normalized spacial score (nSPS) is 11.6. The Balaban J connectivity index is 2.53. The van der Waals surface area contributed by atoms with Crippen molar-refractivity contribution in [2.45, 2.75) is 6.92 Å². The van der Waals surface area contributed by atoms with E-state index in [9.17, 15) is 19.9 Å². The molecular weight excluding hydrogens is 237 g/mol. The van der Waals surface area contributed by atoms with Gasteiger partial charge in [0.15, 0.2) is 5.75 Å². The van der Waals surface area contributed by atoms with Gasteiger partial charge in [-0.1, -0.05) is 6.07 Å². The molecule has 0 amide bonds. The van der Waals surface area contributed by atoms with Crippen molar-refractivity contribution >= 4 is 11.4 Å². The highest BCUT2D eigenvalue weighted by atomic mass is 19.1. The SMILES string of the molecule is Cc1ccc(O)c([N+](O)(O)c2ccc(F)cc2)c1. The Labute approximate surface area is 103 Å². The van der Waals surface area contributed by atoms with Crippen LogP contribution in [0.15, 0.2) is 42.5 Å². The van der Waals surface area contributed by atoms with Gasteiger partial charge in [-0.05, 0) is 30.7 Å². The van der Waals surface area contributed by atoms with Gasteiger partial charge in [0.05, 0.1) is 0 Å². The molecule has 2 aromatic rings. The van der Waals surface area contributed by atoms with Gasteiger partial charge < -0.3 is 5.11 Å². The summed E-state index contributed by atoms with van der Waals surface area (Å²) in [4.78, 5) is -1.63. The Kier molecular flexibility index (Phi) is 3.04. The molecule has 2 rings (SSSR count). The third-order valence-corrected chi connectivity index (χ3v) is 2.65. The minimum atomic E-state index is -1.63. The van der Waals surface area contributed by atoms with Crippen LogP contribution in [-0.4, -0.2) is 15.5 Å². The standard InChI is InChI=1S/C13H12FNO3/c1-9-2-7-13(16)12(8-9)15(17,18)11-5-3-10(14)4-6-11/h2-8,17-18H,1H3/p+1. The summed E-state index contributed by atoms with van der Waals surface area (Å²) in [7, 11) is 0. The van der Waals surface area contributed by atoms with Crippen LogP contribution in [0, 0.1) is 12.7 Å².